The standard InChI is InChI=1S/C18H21N3/c1-2-20-18(14-7-8-14)17-9-10-21(13-17)12-16-6-4-3-5-15(16)11-19/h3-6,9-10,13-14,18,20H,2,7-8,12H2,1H3. The Balaban J connectivity index is 1.77. The van der Waals surface area contributed by atoms with Crippen LogP contribution in [0.25, 0.3) is 0 Å². The molecule has 1 fully saturated rings. The van der Waals surface area contributed by atoms with E-state index in [0.717, 1.165) is 30.1 Å². The fourth-order valence-electron chi connectivity index (χ4n) is 2.91. The Kier molecular flexibility index (Phi) is 4.08. The molecule has 1 unspecified atom stereocenters. The Morgan fingerprint density at radius 2 is 2.14 bits per heavy atom. The number of nitrogens with one attached hydrogen (secondary N) is 1. The summed E-state index contributed by atoms with van der Waals surface area (Å²) >= 11 is 0. The molecule has 0 aliphatic heterocycles. The van der Waals surface area contributed by atoms with Gasteiger partial charge >= 0.3 is 0 Å². The predicted molar refractivity (Wildman–Crippen MR) is 83.8 cm³/mol. The van der Waals surface area contributed by atoms with Gasteiger partial charge in [-0.2, -0.15) is 5.26 Å². The molecular formula is C18H21N3. The molecule has 0 bridgehead atoms. The summed E-state index contributed by atoms with van der Waals surface area (Å²) in [6.45, 7) is 3.92. The maximum atomic E-state index is 9.17. The van der Waals surface area contributed by atoms with Crippen LogP contribution in [0.2, 0.25) is 0 Å². The van der Waals surface area contributed by atoms with Crippen LogP contribution < -0.4 is 5.32 Å². The van der Waals surface area contributed by atoms with Crippen LogP contribution in [0.15, 0.2) is 42.7 Å². The molecule has 0 spiro atoms. The van der Waals surface area contributed by atoms with Gasteiger partial charge in [0.2, 0.25) is 0 Å². The lowest BCUT2D eigenvalue weighted by molar-refractivity contribution is 0.495. The van der Waals surface area contributed by atoms with Gasteiger partial charge < -0.3 is 9.88 Å². The molecule has 1 aromatic heterocycles. The van der Waals surface area contributed by atoms with Crippen molar-refractivity contribution in [3.63, 3.8) is 0 Å². The fraction of sp³-hybridized carbons (Fsp3) is 0.389. The van der Waals surface area contributed by atoms with Crippen LogP contribution in [-0.2, 0) is 6.54 Å². The van der Waals surface area contributed by atoms with Crippen LogP contribution in [0.5, 0.6) is 0 Å². The number of rotatable bonds is 6. The Labute approximate surface area is 126 Å². The maximum absolute atomic E-state index is 9.17. The van der Waals surface area contributed by atoms with Crippen molar-refractivity contribution in [1.82, 2.24) is 9.88 Å². The van der Waals surface area contributed by atoms with Crippen molar-refractivity contribution in [2.75, 3.05) is 6.54 Å². The van der Waals surface area contributed by atoms with Gasteiger partial charge in [0, 0.05) is 25.0 Å². The Bertz CT molecular complexity index is 646. The second-order valence-electron chi connectivity index (χ2n) is 5.76. The molecule has 1 heterocycles. The van der Waals surface area contributed by atoms with Crippen molar-refractivity contribution in [2.24, 2.45) is 5.92 Å². The number of nitrogens with zero attached hydrogens (tertiary/aromatic N) is 2. The lowest BCUT2D eigenvalue weighted by Gasteiger charge is -2.15. The second kappa shape index (κ2) is 6.15. The van der Waals surface area contributed by atoms with Crippen molar-refractivity contribution in [3.8, 4) is 6.07 Å². The van der Waals surface area contributed by atoms with Crippen LogP contribution >= 0.6 is 0 Å². The van der Waals surface area contributed by atoms with E-state index in [4.69, 9.17) is 0 Å². The molecule has 3 rings (SSSR count). The molecule has 0 amide bonds. The second-order valence-corrected chi connectivity index (χ2v) is 5.76. The zero-order valence-corrected chi connectivity index (χ0v) is 12.4. The van der Waals surface area contributed by atoms with Gasteiger partial charge in [-0.05, 0) is 48.6 Å². The highest BCUT2D eigenvalue weighted by molar-refractivity contribution is 5.37. The summed E-state index contributed by atoms with van der Waals surface area (Å²) in [5.41, 5.74) is 3.21. The van der Waals surface area contributed by atoms with E-state index in [2.05, 4.69) is 41.3 Å². The minimum absolute atomic E-state index is 0.488. The van der Waals surface area contributed by atoms with E-state index in [1.165, 1.54) is 18.4 Å². The van der Waals surface area contributed by atoms with Gasteiger partial charge in [-0.3, -0.25) is 0 Å². The third kappa shape index (κ3) is 3.17. The van der Waals surface area contributed by atoms with Crippen molar-refractivity contribution < 1.29 is 0 Å². The number of benzene rings is 1. The lowest BCUT2D eigenvalue weighted by Crippen LogP contribution is -2.22. The minimum atomic E-state index is 0.488. The van der Waals surface area contributed by atoms with Crippen molar-refractivity contribution >= 4 is 0 Å². The molecule has 1 atom stereocenters. The lowest BCUT2D eigenvalue weighted by atomic mass is 10.1. The summed E-state index contributed by atoms with van der Waals surface area (Å²) < 4.78 is 2.18. The Hall–Kier alpha value is -2.05. The summed E-state index contributed by atoms with van der Waals surface area (Å²) in [6, 6.07) is 12.8. The van der Waals surface area contributed by atoms with Crippen LogP contribution in [0.4, 0.5) is 0 Å². The highest BCUT2D eigenvalue weighted by atomic mass is 15.0. The summed E-state index contributed by atoms with van der Waals surface area (Å²) in [5.74, 6) is 0.798. The number of hydrogen-bond donors (Lipinski definition) is 1. The third-order valence-electron chi connectivity index (χ3n) is 4.14. The van der Waals surface area contributed by atoms with Crippen LogP contribution in [-0.4, -0.2) is 11.1 Å². The summed E-state index contributed by atoms with van der Waals surface area (Å²) in [7, 11) is 0. The van der Waals surface area contributed by atoms with Crippen molar-refractivity contribution in [1.29, 1.82) is 5.26 Å². The number of nitriles is 1. The van der Waals surface area contributed by atoms with Crippen LogP contribution in [0.1, 0.15) is 42.5 Å². The van der Waals surface area contributed by atoms with E-state index in [0.29, 0.717) is 6.04 Å². The van der Waals surface area contributed by atoms with E-state index < -0.39 is 0 Å². The summed E-state index contributed by atoms with van der Waals surface area (Å²) in [5, 5.41) is 12.8. The summed E-state index contributed by atoms with van der Waals surface area (Å²) in [4.78, 5) is 0. The molecule has 1 saturated carbocycles. The highest BCUT2D eigenvalue weighted by Gasteiger charge is 2.31. The largest absolute Gasteiger partial charge is 0.350 e. The van der Waals surface area contributed by atoms with Crippen molar-refractivity contribution in [2.45, 2.75) is 32.4 Å². The van der Waals surface area contributed by atoms with Crippen molar-refractivity contribution in [3.05, 3.63) is 59.4 Å². The summed E-state index contributed by atoms with van der Waals surface area (Å²) in [6.07, 6.45) is 7.01. The van der Waals surface area contributed by atoms with Gasteiger partial charge in [0.05, 0.1) is 11.6 Å². The first kappa shape index (κ1) is 13.9. The van der Waals surface area contributed by atoms with Gasteiger partial charge in [0.25, 0.3) is 0 Å². The molecule has 21 heavy (non-hydrogen) atoms. The number of aromatic nitrogens is 1. The molecule has 1 N–H and O–H groups in total. The minimum Gasteiger partial charge on any atom is -0.350 e. The molecule has 3 heteroatoms. The fourth-order valence-corrected chi connectivity index (χ4v) is 2.91. The van der Waals surface area contributed by atoms with Gasteiger partial charge in [-0.1, -0.05) is 25.1 Å². The average molecular weight is 279 g/mol. The molecule has 108 valence electrons. The molecule has 0 radical (unpaired) electrons. The predicted octanol–water partition coefficient (Wildman–Crippen LogP) is 3.47. The SMILES string of the molecule is CCNC(c1ccn(Cc2ccccc2C#N)c1)C1CC1. The molecule has 1 aromatic carbocycles. The zero-order chi connectivity index (χ0) is 14.7. The average Bonchev–Trinajstić information content (AvgIpc) is 3.25. The first-order valence-electron chi connectivity index (χ1n) is 7.69. The first-order chi connectivity index (χ1) is 10.3. The smallest absolute Gasteiger partial charge is 0.0995 e. The molecule has 0 saturated heterocycles. The van der Waals surface area contributed by atoms with Crippen LogP contribution in [0.3, 0.4) is 0 Å². The highest BCUT2D eigenvalue weighted by Crippen LogP contribution is 2.41. The van der Waals surface area contributed by atoms with E-state index in [1.807, 2.05) is 24.3 Å². The van der Waals surface area contributed by atoms with Gasteiger partial charge in [0.1, 0.15) is 0 Å². The molecule has 2 aromatic rings. The van der Waals surface area contributed by atoms with Crippen LogP contribution in [0, 0.1) is 17.2 Å². The zero-order valence-electron chi connectivity index (χ0n) is 12.4. The quantitative estimate of drug-likeness (QED) is 0.879. The van der Waals surface area contributed by atoms with E-state index in [-0.39, 0.29) is 0 Å². The molecule has 3 nitrogen and oxygen atoms in total. The topological polar surface area (TPSA) is 40.8 Å². The van der Waals surface area contributed by atoms with Gasteiger partial charge in [0.15, 0.2) is 0 Å². The van der Waals surface area contributed by atoms with E-state index >= 15 is 0 Å². The van der Waals surface area contributed by atoms with Gasteiger partial charge in [-0.25, -0.2) is 0 Å². The molecular weight excluding hydrogens is 258 g/mol. The van der Waals surface area contributed by atoms with Gasteiger partial charge in [-0.15, -0.1) is 0 Å². The van der Waals surface area contributed by atoms with E-state index in [1.54, 1.807) is 0 Å². The van der Waals surface area contributed by atoms with E-state index in [9.17, 15) is 5.26 Å². The Morgan fingerprint density at radius 3 is 2.86 bits per heavy atom. The monoisotopic (exact) mass is 279 g/mol. The Morgan fingerprint density at radius 1 is 1.33 bits per heavy atom. The normalized spacial score (nSPS) is 15.6. The first-order valence-corrected chi connectivity index (χ1v) is 7.69. The maximum Gasteiger partial charge on any atom is 0.0995 e. The number of hydrogen-bond acceptors (Lipinski definition) is 2. The molecule has 1 aliphatic rings. The molecule has 1 aliphatic carbocycles. The third-order valence-corrected chi connectivity index (χ3v) is 4.14.